The van der Waals surface area contributed by atoms with Crippen molar-refractivity contribution in [2.24, 2.45) is 0 Å². The van der Waals surface area contributed by atoms with E-state index in [2.05, 4.69) is 47.6 Å². The van der Waals surface area contributed by atoms with Gasteiger partial charge >= 0.3 is 0 Å². The van der Waals surface area contributed by atoms with Crippen LogP contribution in [0.2, 0.25) is 0 Å². The molecule has 158 valence electrons. The van der Waals surface area contributed by atoms with Gasteiger partial charge in [-0.3, -0.25) is 9.47 Å². The monoisotopic (exact) mass is 424 g/mol. The number of morpholine rings is 1. The molecule has 0 atom stereocenters. The smallest absolute Gasteiger partial charge is 0.204 e. The van der Waals surface area contributed by atoms with Crippen LogP contribution in [0, 0.1) is 4.77 Å². The normalized spacial score (nSPS) is 14.9. The first-order valence-electron chi connectivity index (χ1n) is 10.3. The molecule has 0 spiro atoms. The minimum Gasteiger partial charge on any atom is -0.497 e. The van der Waals surface area contributed by atoms with E-state index < -0.39 is 0 Å². The van der Waals surface area contributed by atoms with E-state index in [4.69, 9.17) is 26.8 Å². The van der Waals surface area contributed by atoms with Crippen LogP contribution in [0.1, 0.15) is 25.3 Å². The second-order valence-corrected chi connectivity index (χ2v) is 8.12. The molecule has 3 aromatic rings. The maximum absolute atomic E-state index is 5.94. The fourth-order valence-corrected chi connectivity index (χ4v) is 4.04. The van der Waals surface area contributed by atoms with Gasteiger partial charge in [-0.1, -0.05) is 32.0 Å². The van der Waals surface area contributed by atoms with E-state index in [0.717, 1.165) is 49.1 Å². The van der Waals surface area contributed by atoms with E-state index in [1.165, 1.54) is 5.56 Å². The molecule has 30 heavy (non-hydrogen) atoms. The standard InChI is InChI=1S/C23H28N4O2S/c1-17(2)20-6-4-5-7-21(20)27-22(18-8-10-19(28-3)11-9-18)24-26(23(27)30)16-25-12-14-29-15-13-25/h4-11,17H,12-16H2,1-3H3. The molecular formula is C23H28N4O2S. The molecule has 2 aromatic carbocycles. The number of hydrogen-bond acceptors (Lipinski definition) is 5. The van der Waals surface area contributed by atoms with Crippen LogP contribution >= 0.6 is 12.2 Å². The number of ether oxygens (including phenoxy) is 2. The summed E-state index contributed by atoms with van der Waals surface area (Å²) >= 11 is 5.94. The fourth-order valence-electron chi connectivity index (χ4n) is 3.76. The average Bonchev–Trinajstić information content (AvgIpc) is 3.10. The van der Waals surface area contributed by atoms with Gasteiger partial charge in [0.15, 0.2) is 5.82 Å². The molecule has 7 heteroatoms. The Hall–Kier alpha value is -2.48. The molecule has 6 nitrogen and oxygen atoms in total. The summed E-state index contributed by atoms with van der Waals surface area (Å²) in [6, 6.07) is 16.4. The van der Waals surface area contributed by atoms with E-state index in [0.29, 0.717) is 17.4 Å². The van der Waals surface area contributed by atoms with Gasteiger partial charge in [0, 0.05) is 18.7 Å². The van der Waals surface area contributed by atoms with E-state index in [9.17, 15) is 0 Å². The molecule has 2 heterocycles. The Labute approximate surface area is 182 Å². The Kier molecular flexibility index (Phi) is 6.32. The molecular weight excluding hydrogens is 396 g/mol. The van der Waals surface area contributed by atoms with Crippen molar-refractivity contribution < 1.29 is 9.47 Å². The molecule has 0 saturated carbocycles. The topological polar surface area (TPSA) is 44.4 Å². The van der Waals surface area contributed by atoms with Gasteiger partial charge < -0.3 is 9.47 Å². The molecule has 0 unspecified atom stereocenters. The summed E-state index contributed by atoms with van der Waals surface area (Å²) in [5.74, 6) is 2.03. The van der Waals surface area contributed by atoms with Gasteiger partial charge in [-0.05, 0) is 54.0 Å². The van der Waals surface area contributed by atoms with Crippen LogP contribution in [0.25, 0.3) is 17.1 Å². The summed E-state index contributed by atoms with van der Waals surface area (Å²) in [6.45, 7) is 8.32. The summed E-state index contributed by atoms with van der Waals surface area (Å²) in [6.07, 6.45) is 0. The highest BCUT2D eigenvalue weighted by molar-refractivity contribution is 7.71. The van der Waals surface area contributed by atoms with Crippen LogP contribution in [0.4, 0.5) is 0 Å². The highest BCUT2D eigenvalue weighted by Gasteiger charge is 2.20. The van der Waals surface area contributed by atoms with E-state index >= 15 is 0 Å². The van der Waals surface area contributed by atoms with E-state index in [1.807, 2.05) is 28.9 Å². The van der Waals surface area contributed by atoms with Gasteiger partial charge in [-0.25, -0.2) is 4.68 Å². The quantitative estimate of drug-likeness (QED) is 0.546. The molecule has 1 saturated heterocycles. The van der Waals surface area contributed by atoms with Crippen molar-refractivity contribution in [1.82, 2.24) is 19.2 Å². The molecule has 1 aromatic heterocycles. The highest BCUT2D eigenvalue weighted by atomic mass is 32.1. The summed E-state index contributed by atoms with van der Waals surface area (Å²) in [5.41, 5.74) is 3.33. The first-order valence-corrected chi connectivity index (χ1v) is 10.7. The summed E-state index contributed by atoms with van der Waals surface area (Å²) in [4.78, 5) is 2.32. The van der Waals surface area contributed by atoms with Crippen LogP contribution in [0.3, 0.4) is 0 Å². The van der Waals surface area contributed by atoms with Crippen molar-refractivity contribution in [2.45, 2.75) is 26.4 Å². The van der Waals surface area contributed by atoms with Crippen LogP contribution in [-0.2, 0) is 11.4 Å². The Morgan fingerprint density at radius 2 is 1.77 bits per heavy atom. The average molecular weight is 425 g/mol. The second kappa shape index (κ2) is 9.12. The molecule has 0 aliphatic carbocycles. The Morgan fingerprint density at radius 1 is 1.07 bits per heavy atom. The maximum Gasteiger partial charge on any atom is 0.204 e. The number of nitrogens with zero attached hydrogens (tertiary/aromatic N) is 4. The number of methoxy groups -OCH3 is 1. The molecule has 0 radical (unpaired) electrons. The van der Waals surface area contributed by atoms with E-state index in [1.54, 1.807) is 7.11 Å². The molecule has 1 aliphatic rings. The van der Waals surface area contributed by atoms with E-state index in [-0.39, 0.29) is 0 Å². The number of benzene rings is 2. The molecule has 1 aliphatic heterocycles. The first-order chi connectivity index (χ1) is 14.6. The number of hydrogen-bond donors (Lipinski definition) is 0. The predicted molar refractivity (Wildman–Crippen MR) is 121 cm³/mol. The van der Waals surface area contributed by atoms with Crippen molar-refractivity contribution in [3.05, 3.63) is 58.9 Å². The number of para-hydroxylation sites is 1. The van der Waals surface area contributed by atoms with Crippen LogP contribution in [-0.4, -0.2) is 52.7 Å². The van der Waals surface area contributed by atoms with Gasteiger partial charge in [0.1, 0.15) is 5.75 Å². The summed E-state index contributed by atoms with van der Waals surface area (Å²) in [5, 5.41) is 4.96. The van der Waals surface area contributed by atoms with Gasteiger partial charge in [-0.2, -0.15) is 0 Å². The number of rotatable bonds is 6. The Balaban J connectivity index is 1.85. The van der Waals surface area contributed by atoms with Gasteiger partial charge in [-0.15, -0.1) is 5.10 Å². The zero-order valence-electron chi connectivity index (χ0n) is 17.7. The van der Waals surface area contributed by atoms with Crippen molar-refractivity contribution >= 4 is 12.2 Å². The van der Waals surface area contributed by atoms with Crippen molar-refractivity contribution in [2.75, 3.05) is 33.4 Å². The first kappa shape index (κ1) is 20.8. The minimum atomic E-state index is 0.370. The lowest BCUT2D eigenvalue weighted by Crippen LogP contribution is -2.37. The highest BCUT2D eigenvalue weighted by Crippen LogP contribution is 2.29. The fraction of sp³-hybridized carbons (Fsp3) is 0.391. The molecule has 0 bridgehead atoms. The summed E-state index contributed by atoms with van der Waals surface area (Å²) in [7, 11) is 1.67. The lowest BCUT2D eigenvalue weighted by molar-refractivity contribution is 0.0210. The van der Waals surface area contributed by atoms with Crippen LogP contribution in [0.5, 0.6) is 5.75 Å². The zero-order valence-corrected chi connectivity index (χ0v) is 18.6. The van der Waals surface area contributed by atoms with Crippen LogP contribution < -0.4 is 4.74 Å². The minimum absolute atomic E-state index is 0.370. The lowest BCUT2D eigenvalue weighted by Gasteiger charge is -2.26. The predicted octanol–water partition coefficient (Wildman–Crippen LogP) is 4.49. The van der Waals surface area contributed by atoms with Crippen molar-refractivity contribution in [3.63, 3.8) is 0 Å². The largest absolute Gasteiger partial charge is 0.497 e. The third kappa shape index (κ3) is 4.19. The Morgan fingerprint density at radius 3 is 2.43 bits per heavy atom. The molecule has 1 fully saturated rings. The maximum atomic E-state index is 5.94. The Bertz CT molecular complexity index is 1050. The summed E-state index contributed by atoms with van der Waals surface area (Å²) < 4.78 is 15.5. The third-order valence-corrected chi connectivity index (χ3v) is 5.82. The second-order valence-electron chi connectivity index (χ2n) is 7.75. The van der Waals surface area contributed by atoms with Crippen LogP contribution in [0.15, 0.2) is 48.5 Å². The number of aromatic nitrogens is 3. The third-order valence-electron chi connectivity index (χ3n) is 5.42. The molecule has 4 rings (SSSR count). The van der Waals surface area contributed by atoms with Crippen molar-refractivity contribution in [1.29, 1.82) is 0 Å². The van der Waals surface area contributed by atoms with Gasteiger partial charge in [0.25, 0.3) is 0 Å². The molecule has 0 amide bonds. The zero-order chi connectivity index (χ0) is 21.1. The SMILES string of the molecule is COc1ccc(-c2nn(CN3CCOCC3)c(=S)n2-c2ccccc2C(C)C)cc1. The van der Waals surface area contributed by atoms with Crippen molar-refractivity contribution in [3.8, 4) is 22.8 Å². The molecule has 0 N–H and O–H groups in total. The van der Waals surface area contributed by atoms with Gasteiger partial charge in [0.2, 0.25) is 4.77 Å². The lowest BCUT2D eigenvalue weighted by atomic mass is 10.0. The van der Waals surface area contributed by atoms with Gasteiger partial charge in [0.05, 0.1) is 32.7 Å².